The van der Waals surface area contributed by atoms with Crippen LogP contribution in [0.2, 0.25) is 0 Å². The molecule has 3 heterocycles. The van der Waals surface area contributed by atoms with Crippen LogP contribution in [0.5, 0.6) is 0 Å². The molecular formula is C17H17N5O4. The number of hydrogen-bond donors (Lipinski definition) is 2. The first-order valence-corrected chi connectivity index (χ1v) is 8.13. The maximum atomic E-state index is 11.9. The largest absolute Gasteiger partial charge is 0.457 e. The highest BCUT2D eigenvalue weighted by Gasteiger charge is 2.28. The lowest BCUT2D eigenvalue weighted by molar-refractivity contribution is -0.0939. The lowest BCUT2D eigenvalue weighted by Gasteiger charge is -2.13. The van der Waals surface area contributed by atoms with Gasteiger partial charge in [0.25, 0.3) is 0 Å². The molecule has 3 aromatic rings. The van der Waals surface area contributed by atoms with Crippen molar-refractivity contribution in [3.8, 4) is 0 Å². The maximum Gasteiger partial charge on any atom is 0.338 e. The Balaban J connectivity index is 1.34. The number of hydrogen-bond acceptors (Lipinski definition) is 7. The Morgan fingerprint density at radius 2 is 2.19 bits per heavy atom. The van der Waals surface area contributed by atoms with Gasteiger partial charge in [0, 0.05) is 0 Å². The number of nitrogens with zero attached hydrogens (tertiary/aromatic N) is 3. The van der Waals surface area contributed by atoms with Crippen LogP contribution in [-0.2, 0) is 20.8 Å². The van der Waals surface area contributed by atoms with E-state index in [4.69, 9.17) is 19.6 Å². The molecule has 1 aromatic carbocycles. The highest BCUT2D eigenvalue weighted by molar-refractivity contribution is 5.89. The fraction of sp³-hybridized carbons (Fsp3) is 0.294. The summed E-state index contributed by atoms with van der Waals surface area (Å²) in [6, 6.07) is 8.77. The van der Waals surface area contributed by atoms with E-state index in [-0.39, 0.29) is 18.2 Å². The van der Waals surface area contributed by atoms with E-state index in [2.05, 4.69) is 15.0 Å². The molecule has 2 atom stereocenters. The van der Waals surface area contributed by atoms with Gasteiger partial charge in [-0.2, -0.15) is 0 Å². The molecule has 0 radical (unpaired) electrons. The average molecular weight is 355 g/mol. The zero-order chi connectivity index (χ0) is 17.9. The van der Waals surface area contributed by atoms with E-state index in [1.807, 2.05) is 6.07 Å². The summed E-state index contributed by atoms with van der Waals surface area (Å²) in [6.07, 6.45) is 2.25. The van der Waals surface area contributed by atoms with Crippen LogP contribution in [0.25, 0.3) is 11.2 Å². The quantitative estimate of drug-likeness (QED) is 0.655. The topological polar surface area (TPSA) is 115 Å². The summed E-state index contributed by atoms with van der Waals surface area (Å²) in [4.78, 5) is 23.1. The molecule has 0 aliphatic carbocycles. The molecule has 4 rings (SSSR count). The molecular weight excluding hydrogens is 338 g/mol. The molecule has 0 saturated carbocycles. The van der Waals surface area contributed by atoms with E-state index in [9.17, 15) is 4.79 Å². The van der Waals surface area contributed by atoms with Crippen molar-refractivity contribution in [2.75, 3.05) is 13.2 Å². The van der Waals surface area contributed by atoms with E-state index in [1.165, 1.54) is 6.33 Å². The highest BCUT2D eigenvalue weighted by atomic mass is 16.7. The van der Waals surface area contributed by atoms with Crippen molar-refractivity contribution < 1.29 is 19.0 Å². The molecule has 2 aromatic heterocycles. The second kappa shape index (κ2) is 7.06. The molecule has 0 spiro atoms. The first kappa shape index (κ1) is 16.4. The minimum Gasteiger partial charge on any atom is -0.457 e. The van der Waals surface area contributed by atoms with E-state index >= 15 is 0 Å². The fourth-order valence-electron chi connectivity index (χ4n) is 2.77. The minimum atomic E-state index is -0.605. The molecule has 0 bridgehead atoms. The molecule has 9 nitrogen and oxygen atoms in total. The summed E-state index contributed by atoms with van der Waals surface area (Å²) >= 11 is 0. The summed E-state index contributed by atoms with van der Waals surface area (Å²) in [7, 11) is 0. The Morgan fingerprint density at radius 1 is 1.35 bits per heavy atom. The van der Waals surface area contributed by atoms with E-state index in [0.717, 1.165) is 0 Å². The molecule has 2 N–H and O–H groups in total. The van der Waals surface area contributed by atoms with Crippen LogP contribution in [0, 0.1) is 5.41 Å². The van der Waals surface area contributed by atoms with Gasteiger partial charge in [0.1, 0.15) is 18.2 Å². The van der Waals surface area contributed by atoms with Gasteiger partial charge in [-0.25, -0.2) is 14.8 Å². The lowest BCUT2D eigenvalue weighted by Crippen LogP contribution is -2.24. The number of H-pyrrole nitrogens is 1. The predicted molar refractivity (Wildman–Crippen MR) is 89.1 cm³/mol. The molecule has 0 unspecified atom stereocenters. The van der Waals surface area contributed by atoms with Crippen molar-refractivity contribution in [3.05, 3.63) is 54.0 Å². The standard InChI is InChI=1S/C17H17N5O4/c18-15-14-16(20-9-19-14)22(10-21-15)6-12-7-24-13(26-12)8-25-17(23)11-4-2-1-3-5-11/h1-5,9-10,12-13,18H,6-8H2,(H,19,20)/t12-,13+/m0/s1. The summed E-state index contributed by atoms with van der Waals surface area (Å²) < 4.78 is 18.4. The van der Waals surface area contributed by atoms with Gasteiger partial charge in [-0.15, -0.1) is 0 Å². The zero-order valence-corrected chi connectivity index (χ0v) is 13.8. The third-order valence-corrected chi connectivity index (χ3v) is 4.03. The molecule has 1 fully saturated rings. The summed E-state index contributed by atoms with van der Waals surface area (Å²) in [5.74, 6) is -0.413. The van der Waals surface area contributed by atoms with Gasteiger partial charge in [0.05, 0.1) is 31.4 Å². The Labute approximate surface area is 148 Å². The number of esters is 1. The number of benzene rings is 1. The average Bonchev–Trinajstić information content (AvgIpc) is 3.33. The van der Waals surface area contributed by atoms with Gasteiger partial charge in [0.15, 0.2) is 17.4 Å². The number of ether oxygens (including phenoxy) is 3. The number of aromatic nitrogens is 4. The Kier molecular flexibility index (Phi) is 4.46. The van der Waals surface area contributed by atoms with E-state index in [0.29, 0.717) is 29.9 Å². The summed E-state index contributed by atoms with van der Waals surface area (Å²) in [5.41, 5.74) is 1.83. The number of nitrogens with one attached hydrogen (secondary N) is 2. The molecule has 1 aliphatic heterocycles. The van der Waals surface area contributed by atoms with Gasteiger partial charge in [0.2, 0.25) is 0 Å². The van der Waals surface area contributed by atoms with Crippen LogP contribution >= 0.6 is 0 Å². The van der Waals surface area contributed by atoms with E-state index < -0.39 is 12.3 Å². The van der Waals surface area contributed by atoms with Crippen molar-refractivity contribution in [1.82, 2.24) is 19.5 Å². The number of carbonyl (C=O) groups is 1. The van der Waals surface area contributed by atoms with Crippen LogP contribution < -0.4 is 5.49 Å². The van der Waals surface area contributed by atoms with Crippen molar-refractivity contribution >= 4 is 17.1 Å². The third-order valence-electron chi connectivity index (χ3n) is 4.03. The fourth-order valence-corrected chi connectivity index (χ4v) is 2.77. The maximum absolute atomic E-state index is 11.9. The van der Waals surface area contributed by atoms with Gasteiger partial charge in [-0.3, -0.25) is 5.41 Å². The van der Waals surface area contributed by atoms with Crippen LogP contribution in [0.15, 0.2) is 43.0 Å². The third kappa shape index (κ3) is 3.35. The molecule has 9 heteroatoms. The normalized spacial score (nSPS) is 19.7. The summed E-state index contributed by atoms with van der Waals surface area (Å²) in [5, 5.41) is 7.76. The SMILES string of the molecule is N=c1ncn(C[C@H]2CO[C@@H](COC(=O)c3ccccc3)O2)c2nc[nH]c12. The molecule has 1 saturated heterocycles. The minimum absolute atomic E-state index is 0.0244. The van der Waals surface area contributed by atoms with Crippen molar-refractivity contribution in [3.63, 3.8) is 0 Å². The van der Waals surface area contributed by atoms with E-state index in [1.54, 1.807) is 35.2 Å². The van der Waals surface area contributed by atoms with Crippen molar-refractivity contribution in [2.45, 2.75) is 18.9 Å². The lowest BCUT2D eigenvalue weighted by atomic mass is 10.2. The van der Waals surface area contributed by atoms with Crippen LogP contribution in [0.1, 0.15) is 10.4 Å². The Morgan fingerprint density at radius 3 is 3.04 bits per heavy atom. The van der Waals surface area contributed by atoms with Gasteiger partial charge < -0.3 is 23.8 Å². The smallest absolute Gasteiger partial charge is 0.338 e. The monoisotopic (exact) mass is 355 g/mol. The highest BCUT2D eigenvalue weighted by Crippen LogP contribution is 2.16. The number of imidazole rings is 1. The van der Waals surface area contributed by atoms with Crippen molar-refractivity contribution in [2.24, 2.45) is 0 Å². The second-order valence-corrected chi connectivity index (χ2v) is 5.83. The van der Waals surface area contributed by atoms with Crippen molar-refractivity contribution in [1.29, 1.82) is 5.41 Å². The van der Waals surface area contributed by atoms with Crippen LogP contribution in [0.4, 0.5) is 0 Å². The molecule has 1 aliphatic rings. The Hall–Kier alpha value is -3.04. The van der Waals surface area contributed by atoms with Gasteiger partial charge >= 0.3 is 5.97 Å². The first-order valence-electron chi connectivity index (χ1n) is 8.13. The van der Waals surface area contributed by atoms with Crippen LogP contribution in [-0.4, -0.2) is 51.1 Å². The summed E-state index contributed by atoms with van der Waals surface area (Å²) in [6.45, 7) is 0.865. The number of carbonyl (C=O) groups excluding carboxylic acids is 1. The zero-order valence-electron chi connectivity index (χ0n) is 13.8. The number of aromatic amines is 1. The second-order valence-electron chi connectivity index (χ2n) is 5.83. The van der Waals surface area contributed by atoms with Gasteiger partial charge in [-0.1, -0.05) is 18.2 Å². The number of rotatable bonds is 5. The predicted octanol–water partition coefficient (Wildman–Crippen LogP) is 0.837. The Bertz CT molecular complexity index is 968. The molecule has 0 amide bonds. The van der Waals surface area contributed by atoms with Gasteiger partial charge in [-0.05, 0) is 12.1 Å². The molecule has 26 heavy (non-hydrogen) atoms. The first-order chi connectivity index (χ1) is 12.7. The molecule has 134 valence electrons. The number of fused-ring (bicyclic) bond motifs is 1. The van der Waals surface area contributed by atoms with Crippen LogP contribution in [0.3, 0.4) is 0 Å².